The molecule has 1 fully saturated rings. The minimum absolute atomic E-state index is 0.102. The number of aromatic nitrogens is 2. The van der Waals surface area contributed by atoms with Gasteiger partial charge in [-0.25, -0.2) is 9.97 Å². The van der Waals surface area contributed by atoms with E-state index in [1.807, 2.05) is 6.20 Å². The van der Waals surface area contributed by atoms with Crippen LogP contribution in [0.3, 0.4) is 0 Å². The third-order valence-electron chi connectivity index (χ3n) is 7.20. The number of likely N-dealkylation sites (tertiary alicyclic amines) is 1. The average Bonchev–Trinajstić information content (AvgIpc) is 2.87. The Hall–Kier alpha value is -3.73. The van der Waals surface area contributed by atoms with Gasteiger partial charge in [-0.3, -0.25) is 15.5 Å². The maximum Gasteiger partial charge on any atom is 0.253 e. The van der Waals surface area contributed by atoms with E-state index in [4.69, 9.17) is 16.6 Å². The van der Waals surface area contributed by atoms with Crippen molar-refractivity contribution in [2.45, 2.75) is 45.4 Å². The standard InChI is InChI=1S/C27H34N8O2/c1-16-9-17(2)11-20(10-16)31-27-30-13-19-14-34(7-5-22(19)32-27)24-15-35(8-6-25(24)36)26(37)18-3-4-23(33-29)21(28)12-18/h3-4,9-13,24-25,33,36H,5-8,14-15,28-29H2,1-2H3,(H,30,31,32). The van der Waals surface area contributed by atoms with Gasteiger partial charge in [-0.15, -0.1) is 0 Å². The normalized spacial score (nSPS) is 19.8. The van der Waals surface area contributed by atoms with Crippen LogP contribution in [0.2, 0.25) is 0 Å². The molecule has 5 rings (SSSR count). The highest BCUT2D eigenvalue weighted by molar-refractivity contribution is 5.96. The molecule has 2 unspecified atom stereocenters. The van der Waals surface area contributed by atoms with Gasteiger partial charge in [0.2, 0.25) is 5.95 Å². The highest BCUT2D eigenvalue weighted by Crippen LogP contribution is 2.27. The van der Waals surface area contributed by atoms with Gasteiger partial charge in [-0.05, 0) is 61.7 Å². The molecule has 2 aromatic carbocycles. The van der Waals surface area contributed by atoms with E-state index in [0.717, 1.165) is 29.9 Å². The molecule has 3 heterocycles. The SMILES string of the molecule is Cc1cc(C)cc(Nc2ncc3c(n2)CCN(C2CN(C(=O)c4ccc(NN)c(N)c4)CCC2O)C3)c1. The second kappa shape index (κ2) is 10.3. The number of nitrogens with two attached hydrogens (primary N) is 2. The molecule has 0 radical (unpaired) electrons. The summed E-state index contributed by atoms with van der Waals surface area (Å²) in [6, 6.07) is 11.2. The number of amides is 1. The summed E-state index contributed by atoms with van der Waals surface area (Å²) < 4.78 is 0. The molecule has 0 saturated carbocycles. The molecule has 194 valence electrons. The van der Waals surface area contributed by atoms with Gasteiger partial charge in [0.05, 0.1) is 29.2 Å². The molecule has 1 saturated heterocycles. The van der Waals surface area contributed by atoms with Crippen LogP contribution in [0.1, 0.15) is 39.2 Å². The van der Waals surface area contributed by atoms with Crippen molar-refractivity contribution in [3.63, 3.8) is 0 Å². The summed E-state index contributed by atoms with van der Waals surface area (Å²) in [5.41, 5.74) is 15.4. The van der Waals surface area contributed by atoms with Crippen LogP contribution in [0.4, 0.5) is 23.0 Å². The molecule has 0 bridgehead atoms. The summed E-state index contributed by atoms with van der Waals surface area (Å²) in [5.74, 6) is 5.94. The second-order valence-corrected chi connectivity index (χ2v) is 10.0. The Balaban J connectivity index is 1.27. The fourth-order valence-electron chi connectivity index (χ4n) is 5.33. The number of carbonyl (C=O) groups is 1. The van der Waals surface area contributed by atoms with Crippen molar-refractivity contribution in [1.82, 2.24) is 19.8 Å². The van der Waals surface area contributed by atoms with Crippen LogP contribution in [0.5, 0.6) is 0 Å². The Kier molecular flexibility index (Phi) is 6.96. The van der Waals surface area contributed by atoms with Gasteiger partial charge in [0.1, 0.15) is 0 Å². The molecule has 10 heteroatoms. The van der Waals surface area contributed by atoms with Crippen LogP contribution in [-0.2, 0) is 13.0 Å². The smallest absolute Gasteiger partial charge is 0.253 e. The molecule has 2 aliphatic rings. The van der Waals surface area contributed by atoms with Crippen LogP contribution in [0.25, 0.3) is 0 Å². The van der Waals surface area contributed by atoms with Crippen molar-refractivity contribution in [1.29, 1.82) is 0 Å². The van der Waals surface area contributed by atoms with Crippen LogP contribution >= 0.6 is 0 Å². The number of aliphatic hydroxyl groups excluding tert-OH is 1. The van der Waals surface area contributed by atoms with Crippen LogP contribution < -0.4 is 22.3 Å². The minimum Gasteiger partial charge on any atom is -0.397 e. The third-order valence-corrected chi connectivity index (χ3v) is 7.20. The lowest BCUT2D eigenvalue weighted by molar-refractivity contribution is -0.0128. The molecular formula is C27H34N8O2. The maximum atomic E-state index is 13.2. The number of nitrogens with one attached hydrogen (secondary N) is 2. The van der Waals surface area contributed by atoms with Crippen LogP contribution in [0.15, 0.2) is 42.6 Å². The van der Waals surface area contributed by atoms with Crippen LogP contribution in [-0.4, -0.2) is 62.6 Å². The molecule has 37 heavy (non-hydrogen) atoms. The Morgan fingerprint density at radius 1 is 1.14 bits per heavy atom. The highest BCUT2D eigenvalue weighted by Gasteiger charge is 2.36. The zero-order chi connectivity index (χ0) is 26.1. The van der Waals surface area contributed by atoms with E-state index in [-0.39, 0.29) is 11.9 Å². The summed E-state index contributed by atoms with van der Waals surface area (Å²) in [6.07, 6.45) is 2.63. The summed E-state index contributed by atoms with van der Waals surface area (Å²) in [7, 11) is 0. The van der Waals surface area contributed by atoms with Gasteiger partial charge >= 0.3 is 0 Å². The Bertz CT molecular complexity index is 1290. The van der Waals surface area contributed by atoms with Crippen molar-refractivity contribution in [2.75, 3.05) is 36.1 Å². The van der Waals surface area contributed by atoms with Gasteiger partial charge < -0.3 is 26.5 Å². The quantitative estimate of drug-likeness (QED) is 0.202. The number of aryl methyl sites for hydroxylation is 2. The Labute approximate surface area is 216 Å². The molecule has 2 atom stereocenters. The molecule has 1 amide bonds. The maximum absolute atomic E-state index is 13.2. The molecule has 7 N–H and O–H groups in total. The third kappa shape index (κ3) is 5.36. The van der Waals surface area contributed by atoms with E-state index in [0.29, 0.717) is 48.9 Å². The number of carbonyl (C=O) groups excluding carboxylic acids is 1. The summed E-state index contributed by atoms with van der Waals surface area (Å²) in [4.78, 5) is 26.6. The first-order valence-corrected chi connectivity index (χ1v) is 12.6. The molecule has 1 aromatic heterocycles. The van der Waals surface area contributed by atoms with E-state index in [1.54, 1.807) is 23.1 Å². The summed E-state index contributed by atoms with van der Waals surface area (Å²) >= 11 is 0. The summed E-state index contributed by atoms with van der Waals surface area (Å²) in [5, 5.41) is 14.2. The number of fused-ring (bicyclic) bond motifs is 1. The number of rotatable bonds is 5. The molecule has 0 aliphatic carbocycles. The van der Waals surface area contributed by atoms with E-state index >= 15 is 0 Å². The highest BCUT2D eigenvalue weighted by atomic mass is 16.3. The first-order chi connectivity index (χ1) is 17.8. The Morgan fingerprint density at radius 3 is 2.65 bits per heavy atom. The predicted octanol–water partition coefficient (Wildman–Crippen LogP) is 2.34. The van der Waals surface area contributed by atoms with E-state index in [2.05, 4.69) is 52.7 Å². The number of nitrogen functional groups attached to an aromatic ring is 2. The second-order valence-electron chi connectivity index (χ2n) is 10.0. The van der Waals surface area contributed by atoms with Crippen LogP contribution in [0, 0.1) is 13.8 Å². The number of nitrogens with zero attached hydrogens (tertiary/aromatic N) is 4. The lowest BCUT2D eigenvalue weighted by atomic mass is 9.96. The Morgan fingerprint density at radius 2 is 1.92 bits per heavy atom. The van der Waals surface area contributed by atoms with Crippen molar-refractivity contribution < 1.29 is 9.90 Å². The average molecular weight is 503 g/mol. The fraction of sp³-hybridized carbons (Fsp3) is 0.370. The number of hydrogen-bond donors (Lipinski definition) is 5. The molecule has 0 spiro atoms. The molecule has 3 aromatic rings. The number of benzene rings is 2. The number of hydrazine groups is 1. The van der Waals surface area contributed by atoms with Gasteiger partial charge in [-0.1, -0.05) is 6.07 Å². The van der Waals surface area contributed by atoms with Crippen molar-refractivity contribution in [3.8, 4) is 0 Å². The van der Waals surface area contributed by atoms with Crippen molar-refractivity contribution in [2.24, 2.45) is 5.84 Å². The fourth-order valence-corrected chi connectivity index (χ4v) is 5.33. The minimum atomic E-state index is -0.508. The molecule has 10 nitrogen and oxygen atoms in total. The van der Waals surface area contributed by atoms with E-state index < -0.39 is 6.10 Å². The number of hydrogen-bond acceptors (Lipinski definition) is 9. The number of piperidine rings is 1. The predicted molar refractivity (Wildman–Crippen MR) is 144 cm³/mol. The lowest BCUT2D eigenvalue weighted by Gasteiger charge is -2.43. The largest absolute Gasteiger partial charge is 0.397 e. The monoisotopic (exact) mass is 502 g/mol. The first kappa shape index (κ1) is 24.9. The molecular weight excluding hydrogens is 468 g/mol. The van der Waals surface area contributed by atoms with E-state index in [1.165, 1.54) is 11.1 Å². The number of anilines is 4. The van der Waals surface area contributed by atoms with Gasteiger partial charge in [-0.2, -0.15) is 0 Å². The van der Waals surface area contributed by atoms with E-state index in [9.17, 15) is 9.90 Å². The summed E-state index contributed by atoms with van der Waals surface area (Å²) in [6.45, 7) is 6.46. The zero-order valence-electron chi connectivity index (χ0n) is 21.2. The van der Waals surface area contributed by atoms with Crippen molar-refractivity contribution >= 4 is 28.9 Å². The zero-order valence-corrected chi connectivity index (χ0v) is 21.2. The van der Waals surface area contributed by atoms with Gasteiger partial charge in [0.15, 0.2) is 0 Å². The first-order valence-electron chi connectivity index (χ1n) is 12.6. The number of aliphatic hydroxyl groups is 1. The van der Waals surface area contributed by atoms with Crippen molar-refractivity contribution in [3.05, 3.63) is 70.5 Å². The lowest BCUT2D eigenvalue weighted by Crippen LogP contribution is -2.57. The van der Waals surface area contributed by atoms with Gasteiger partial charge in [0, 0.05) is 55.6 Å². The topological polar surface area (TPSA) is 146 Å². The van der Waals surface area contributed by atoms with Gasteiger partial charge in [0.25, 0.3) is 5.91 Å². The molecule has 2 aliphatic heterocycles.